The number of carbonyl (C=O) groups is 1. The maximum absolute atomic E-state index is 13.2. The number of para-hydroxylation sites is 1. The summed E-state index contributed by atoms with van der Waals surface area (Å²) in [4.78, 5) is 27.8. The van der Waals surface area contributed by atoms with Gasteiger partial charge in [0, 0.05) is 24.2 Å². The summed E-state index contributed by atoms with van der Waals surface area (Å²) in [5.74, 6) is -0.264. The fourth-order valence-corrected chi connectivity index (χ4v) is 3.38. The number of non-ortho nitro benzene ring substituents is 1. The van der Waals surface area contributed by atoms with Gasteiger partial charge < -0.3 is 15.2 Å². The molecular weight excluding hydrogens is 386 g/mol. The Hall–Kier alpha value is -3.68. The van der Waals surface area contributed by atoms with E-state index in [9.17, 15) is 20.0 Å². The van der Waals surface area contributed by atoms with Gasteiger partial charge in [-0.1, -0.05) is 37.3 Å². The highest BCUT2D eigenvalue weighted by molar-refractivity contribution is 5.93. The summed E-state index contributed by atoms with van der Waals surface area (Å²) in [6.45, 7) is 1.97. The number of rotatable bonds is 8. The van der Waals surface area contributed by atoms with Crippen LogP contribution < -0.4 is 15.2 Å². The normalized spacial score (nSPS) is 11.8. The standard InChI is InChI=1S/C22H23N3O5/c1-3-4-11-19(26)24-20(15-8-5-6-10-18(15)30-2)16-13-17(25(28)29)14-9-7-12-23-21(14)22(16)27/h5-10,12-13,20,27H,3-4,11H2,1-2H3,(H,24,26)/p-1/t20-/m0/s1. The smallest absolute Gasteiger partial charge is 0.279 e. The molecule has 1 amide bonds. The SMILES string of the molecule is CCCCC(=O)N[C@@H](c1ccccc1OC)c1cc([N+](=O)[O-])c2cccnc2c1[O-]. The number of pyridine rings is 1. The van der Waals surface area contributed by atoms with E-state index in [1.807, 2.05) is 6.92 Å². The van der Waals surface area contributed by atoms with Crippen LogP contribution in [0.2, 0.25) is 0 Å². The monoisotopic (exact) mass is 408 g/mol. The van der Waals surface area contributed by atoms with E-state index in [-0.39, 0.29) is 34.5 Å². The number of fused-ring (bicyclic) bond motifs is 1. The second-order valence-corrected chi connectivity index (χ2v) is 6.82. The molecule has 3 rings (SSSR count). The van der Waals surface area contributed by atoms with Crippen molar-refractivity contribution in [3.8, 4) is 11.5 Å². The van der Waals surface area contributed by atoms with Crippen LogP contribution in [0.1, 0.15) is 43.4 Å². The molecule has 2 aromatic carbocycles. The number of methoxy groups -OCH3 is 1. The lowest BCUT2D eigenvalue weighted by Crippen LogP contribution is -2.30. The van der Waals surface area contributed by atoms with Crippen LogP contribution >= 0.6 is 0 Å². The zero-order valence-electron chi connectivity index (χ0n) is 16.8. The van der Waals surface area contributed by atoms with Gasteiger partial charge in [0.1, 0.15) is 5.75 Å². The van der Waals surface area contributed by atoms with Crippen LogP contribution in [0.5, 0.6) is 11.5 Å². The number of unbranched alkanes of at least 4 members (excludes halogenated alkanes) is 1. The van der Waals surface area contributed by atoms with Crippen molar-refractivity contribution in [2.45, 2.75) is 32.2 Å². The van der Waals surface area contributed by atoms with E-state index in [2.05, 4.69) is 10.3 Å². The predicted molar refractivity (Wildman–Crippen MR) is 110 cm³/mol. The number of benzene rings is 2. The Labute approximate surface area is 173 Å². The summed E-state index contributed by atoms with van der Waals surface area (Å²) in [6, 6.07) is 10.3. The number of nitro groups is 1. The first kappa shape index (κ1) is 21.0. The fourth-order valence-electron chi connectivity index (χ4n) is 3.38. The molecule has 1 atom stereocenters. The minimum atomic E-state index is -0.914. The van der Waals surface area contributed by atoms with Crippen molar-refractivity contribution in [1.29, 1.82) is 0 Å². The molecule has 0 fully saturated rings. The second kappa shape index (κ2) is 9.21. The molecule has 0 saturated carbocycles. The van der Waals surface area contributed by atoms with Gasteiger partial charge >= 0.3 is 0 Å². The zero-order valence-corrected chi connectivity index (χ0v) is 16.8. The minimum Gasteiger partial charge on any atom is -0.871 e. The molecule has 0 spiro atoms. The molecule has 0 aliphatic heterocycles. The zero-order chi connectivity index (χ0) is 21.7. The summed E-state index contributed by atoms with van der Waals surface area (Å²) in [5.41, 5.74) is 0.355. The molecule has 1 aromatic heterocycles. The Morgan fingerprint density at radius 1 is 1.23 bits per heavy atom. The molecule has 0 radical (unpaired) electrons. The summed E-state index contributed by atoms with van der Waals surface area (Å²) in [7, 11) is 1.48. The number of hydrogen-bond acceptors (Lipinski definition) is 6. The lowest BCUT2D eigenvalue weighted by atomic mass is 9.94. The molecule has 30 heavy (non-hydrogen) atoms. The number of nitrogens with one attached hydrogen (secondary N) is 1. The van der Waals surface area contributed by atoms with Gasteiger partial charge in [0.15, 0.2) is 0 Å². The van der Waals surface area contributed by atoms with Gasteiger partial charge in [0.25, 0.3) is 5.69 Å². The topological polar surface area (TPSA) is 117 Å². The molecule has 1 heterocycles. The summed E-state index contributed by atoms with van der Waals surface area (Å²) >= 11 is 0. The Kier molecular flexibility index (Phi) is 6.46. The highest BCUT2D eigenvalue weighted by Crippen LogP contribution is 2.40. The van der Waals surface area contributed by atoms with Crippen molar-refractivity contribution >= 4 is 22.5 Å². The van der Waals surface area contributed by atoms with Crippen LogP contribution in [-0.2, 0) is 4.79 Å². The van der Waals surface area contributed by atoms with Crippen molar-refractivity contribution in [3.05, 3.63) is 69.9 Å². The number of hydrogen-bond donors (Lipinski definition) is 1. The Morgan fingerprint density at radius 3 is 2.70 bits per heavy atom. The van der Waals surface area contributed by atoms with E-state index >= 15 is 0 Å². The van der Waals surface area contributed by atoms with Gasteiger partial charge in [-0.15, -0.1) is 0 Å². The predicted octanol–water partition coefficient (Wildman–Crippen LogP) is 3.62. The maximum Gasteiger partial charge on any atom is 0.279 e. The summed E-state index contributed by atoms with van der Waals surface area (Å²) < 4.78 is 5.41. The van der Waals surface area contributed by atoms with Crippen molar-refractivity contribution in [1.82, 2.24) is 10.3 Å². The first-order chi connectivity index (χ1) is 14.5. The quantitative estimate of drug-likeness (QED) is 0.449. The van der Waals surface area contributed by atoms with E-state index in [0.717, 1.165) is 6.42 Å². The van der Waals surface area contributed by atoms with Gasteiger partial charge in [-0.2, -0.15) is 0 Å². The first-order valence-electron chi connectivity index (χ1n) is 9.63. The number of carbonyl (C=O) groups excluding carboxylic acids is 1. The molecule has 3 aromatic rings. The second-order valence-electron chi connectivity index (χ2n) is 6.82. The van der Waals surface area contributed by atoms with Gasteiger partial charge in [0.2, 0.25) is 5.91 Å². The van der Waals surface area contributed by atoms with Gasteiger partial charge in [-0.05, 0) is 30.2 Å². The number of ether oxygens (including phenoxy) is 1. The molecule has 156 valence electrons. The molecule has 0 unspecified atom stereocenters. The van der Waals surface area contributed by atoms with Crippen molar-refractivity contribution in [2.75, 3.05) is 7.11 Å². The number of amides is 1. The summed E-state index contributed by atoms with van der Waals surface area (Å²) in [5, 5.41) is 27.9. The minimum absolute atomic E-state index is 0.00981. The third kappa shape index (κ3) is 4.17. The van der Waals surface area contributed by atoms with Gasteiger partial charge in [0.05, 0.1) is 29.0 Å². The highest BCUT2D eigenvalue weighted by Gasteiger charge is 2.25. The Bertz CT molecular complexity index is 1080. The average Bonchev–Trinajstić information content (AvgIpc) is 2.76. The lowest BCUT2D eigenvalue weighted by molar-refractivity contribution is -0.383. The van der Waals surface area contributed by atoms with E-state index in [1.54, 1.807) is 30.3 Å². The van der Waals surface area contributed by atoms with Gasteiger partial charge in [-0.3, -0.25) is 19.9 Å². The molecule has 0 aliphatic rings. The average molecular weight is 408 g/mol. The fraction of sp³-hybridized carbons (Fsp3) is 0.273. The molecule has 8 nitrogen and oxygen atoms in total. The molecular formula is C22H22N3O5-. The molecule has 0 aliphatic carbocycles. The van der Waals surface area contributed by atoms with Crippen LogP contribution in [-0.4, -0.2) is 22.9 Å². The lowest BCUT2D eigenvalue weighted by Gasteiger charge is -2.26. The van der Waals surface area contributed by atoms with E-state index in [0.29, 0.717) is 17.7 Å². The van der Waals surface area contributed by atoms with Crippen molar-refractivity contribution in [3.63, 3.8) is 0 Å². The van der Waals surface area contributed by atoms with Crippen LogP contribution in [0.25, 0.3) is 10.9 Å². The molecule has 0 bridgehead atoms. The molecule has 8 heteroatoms. The van der Waals surface area contributed by atoms with Crippen LogP contribution in [0.15, 0.2) is 48.7 Å². The third-order valence-corrected chi connectivity index (χ3v) is 4.87. The van der Waals surface area contributed by atoms with Crippen LogP contribution in [0.3, 0.4) is 0 Å². The number of aromatic nitrogens is 1. The summed E-state index contributed by atoms with van der Waals surface area (Å²) in [6.07, 6.45) is 3.22. The molecule has 0 saturated heterocycles. The van der Waals surface area contributed by atoms with Crippen molar-refractivity contribution in [2.24, 2.45) is 0 Å². The Morgan fingerprint density at radius 2 is 2.00 bits per heavy atom. The Balaban J connectivity index is 2.23. The van der Waals surface area contributed by atoms with Gasteiger partial charge in [-0.25, -0.2) is 0 Å². The van der Waals surface area contributed by atoms with Crippen LogP contribution in [0.4, 0.5) is 5.69 Å². The highest BCUT2D eigenvalue weighted by atomic mass is 16.6. The third-order valence-electron chi connectivity index (χ3n) is 4.87. The van der Waals surface area contributed by atoms with E-state index in [1.165, 1.54) is 25.4 Å². The van der Waals surface area contributed by atoms with Crippen LogP contribution in [0, 0.1) is 10.1 Å². The van der Waals surface area contributed by atoms with E-state index in [4.69, 9.17) is 4.74 Å². The number of nitrogens with zero attached hydrogens (tertiary/aromatic N) is 2. The largest absolute Gasteiger partial charge is 0.871 e. The van der Waals surface area contributed by atoms with E-state index < -0.39 is 16.7 Å². The first-order valence-corrected chi connectivity index (χ1v) is 9.63. The van der Waals surface area contributed by atoms with Crippen molar-refractivity contribution < 1.29 is 19.6 Å². The molecule has 1 N–H and O–H groups in total. The maximum atomic E-state index is 13.2. The number of nitro benzene ring substituents is 1.